The van der Waals surface area contributed by atoms with Crippen LogP contribution in [0, 0.1) is 0 Å². The highest BCUT2D eigenvalue weighted by molar-refractivity contribution is 7.80. The van der Waals surface area contributed by atoms with Crippen molar-refractivity contribution in [3.8, 4) is 11.5 Å². The van der Waals surface area contributed by atoms with Crippen molar-refractivity contribution in [1.82, 2.24) is 19.6 Å². The Kier molecular flexibility index (Phi) is 10.3. The molecule has 0 atom stereocenters. The van der Waals surface area contributed by atoms with Crippen LogP contribution in [0.2, 0.25) is 0 Å². The lowest BCUT2D eigenvalue weighted by atomic mass is 9.81. The molecule has 3 rings (SSSR count). The van der Waals surface area contributed by atoms with E-state index in [-0.39, 0.29) is 44.0 Å². The van der Waals surface area contributed by atoms with Gasteiger partial charge in [-0.3, -0.25) is 9.59 Å². The number of anilines is 2. The number of thiocarbonyl (C=S) groups is 4. The van der Waals surface area contributed by atoms with E-state index in [1.807, 2.05) is 19.0 Å². The van der Waals surface area contributed by atoms with E-state index < -0.39 is 11.6 Å². The van der Waals surface area contributed by atoms with Gasteiger partial charge in [0.25, 0.3) is 5.17 Å². The van der Waals surface area contributed by atoms with Crippen LogP contribution in [-0.2, 0) is 0 Å². The first-order chi connectivity index (χ1) is 19.1. The monoisotopic (exact) mass is 632 g/mol. The van der Waals surface area contributed by atoms with Crippen LogP contribution >= 0.6 is 48.9 Å². The Bertz CT molecular complexity index is 1460. The molecule has 41 heavy (non-hydrogen) atoms. The molecule has 0 bridgehead atoms. The largest absolute Gasteiger partial charge is 0.448 e. The lowest BCUT2D eigenvalue weighted by molar-refractivity contribution is 0.0977. The number of fused-ring (bicyclic) bond motifs is 2. The Balaban J connectivity index is 2.33. The number of benzene rings is 2. The number of ketones is 2. The van der Waals surface area contributed by atoms with Crippen LogP contribution in [0.15, 0.2) is 24.3 Å². The minimum Gasteiger partial charge on any atom is -0.448 e. The van der Waals surface area contributed by atoms with Crippen molar-refractivity contribution in [2.45, 2.75) is 0 Å². The van der Waals surface area contributed by atoms with Crippen molar-refractivity contribution in [2.24, 2.45) is 0 Å². The molecular formula is C27H32N6O4S4. The Morgan fingerprint density at radius 1 is 0.634 bits per heavy atom. The Morgan fingerprint density at radius 3 is 1.41 bits per heavy atom. The molecule has 1 aliphatic carbocycles. The van der Waals surface area contributed by atoms with Gasteiger partial charge in [0.05, 0.1) is 40.2 Å². The number of nitrogens with zero attached hydrogens (tertiary/aromatic N) is 4. The summed E-state index contributed by atoms with van der Waals surface area (Å²) in [5, 5.41) is 7.17. The highest BCUT2D eigenvalue weighted by Gasteiger charge is 2.39. The van der Waals surface area contributed by atoms with Crippen molar-refractivity contribution in [2.75, 3.05) is 73.6 Å². The standard InChI is InChI=1S/C27H32N6O4S4/c1-30(2)13-18(38)36-16-11-9-14(28-25(39)31(3)4)19-21(16)23(34)20-15(29-26(40)32(5)6)10-12-17(22(20)24(19)35)37-27(41)33(7)8/h9-12H,13H2,1-8H3,(H,28,39)(H,29,40). The van der Waals surface area contributed by atoms with E-state index in [9.17, 15) is 9.59 Å². The summed E-state index contributed by atoms with van der Waals surface area (Å²) in [6, 6.07) is 6.43. The third kappa shape index (κ3) is 7.13. The molecular weight excluding hydrogens is 601 g/mol. The summed E-state index contributed by atoms with van der Waals surface area (Å²) < 4.78 is 11.9. The Morgan fingerprint density at radius 2 is 1.05 bits per heavy atom. The van der Waals surface area contributed by atoms with E-state index in [0.29, 0.717) is 28.1 Å². The van der Waals surface area contributed by atoms with Gasteiger partial charge in [0.2, 0.25) is 11.6 Å². The second-order valence-electron chi connectivity index (χ2n) is 10.0. The summed E-state index contributed by atoms with van der Waals surface area (Å²) in [5.74, 6) is -0.700. The molecule has 218 valence electrons. The van der Waals surface area contributed by atoms with Gasteiger partial charge in [-0.15, -0.1) is 0 Å². The SMILES string of the molecule is CN(C)CC(=S)Oc1ccc(NC(=S)N(C)C)c2c1C(=O)c1c(NC(=S)N(C)C)ccc(OC(=S)N(C)C)c1C2=O. The fourth-order valence-electron chi connectivity index (χ4n) is 3.77. The maximum atomic E-state index is 14.4. The highest BCUT2D eigenvalue weighted by atomic mass is 32.1. The molecule has 1 aliphatic rings. The molecule has 0 aliphatic heterocycles. The van der Waals surface area contributed by atoms with Crippen molar-refractivity contribution in [3.63, 3.8) is 0 Å². The van der Waals surface area contributed by atoms with Crippen LogP contribution in [0.4, 0.5) is 11.4 Å². The summed E-state index contributed by atoms with van der Waals surface area (Å²) >= 11 is 21.7. The number of hydrogen-bond donors (Lipinski definition) is 2. The van der Waals surface area contributed by atoms with E-state index in [2.05, 4.69) is 10.6 Å². The number of carbonyl (C=O) groups excluding carboxylic acids is 2. The quantitative estimate of drug-likeness (QED) is 0.389. The first-order valence-electron chi connectivity index (χ1n) is 12.3. The fraction of sp³-hybridized carbons (Fsp3) is 0.333. The summed E-state index contributed by atoms with van der Waals surface area (Å²) in [7, 11) is 14.2. The van der Waals surface area contributed by atoms with Gasteiger partial charge in [0.15, 0.2) is 15.3 Å². The molecule has 0 unspecified atom stereocenters. The first-order valence-corrected chi connectivity index (χ1v) is 13.9. The van der Waals surface area contributed by atoms with Crippen molar-refractivity contribution in [1.29, 1.82) is 0 Å². The molecule has 0 spiro atoms. The Hall–Kier alpha value is -3.30. The number of likely N-dealkylation sites (N-methyl/N-ethyl adjacent to an activating group) is 1. The van der Waals surface area contributed by atoms with E-state index in [0.717, 1.165) is 0 Å². The lowest BCUT2D eigenvalue weighted by Gasteiger charge is -2.28. The second kappa shape index (κ2) is 13.1. The molecule has 2 aromatic carbocycles. The summed E-state index contributed by atoms with van der Waals surface area (Å²) in [4.78, 5) is 35.6. The predicted molar refractivity (Wildman–Crippen MR) is 178 cm³/mol. The maximum Gasteiger partial charge on any atom is 0.264 e. The van der Waals surface area contributed by atoms with Gasteiger partial charge in [0, 0.05) is 42.3 Å². The molecule has 14 heteroatoms. The molecule has 0 amide bonds. The van der Waals surface area contributed by atoms with Crippen molar-refractivity contribution >= 4 is 92.3 Å². The fourth-order valence-corrected chi connectivity index (χ4v) is 4.43. The van der Waals surface area contributed by atoms with Crippen LogP contribution in [0.1, 0.15) is 31.8 Å². The Labute approximate surface area is 261 Å². The van der Waals surface area contributed by atoms with Gasteiger partial charge in [-0.25, -0.2) is 0 Å². The van der Waals surface area contributed by atoms with Gasteiger partial charge >= 0.3 is 0 Å². The van der Waals surface area contributed by atoms with Crippen LogP contribution in [-0.4, -0.2) is 115 Å². The zero-order valence-electron chi connectivity index (χ0n) is 24.1. The zero-order valence-corrected chi connectivity index (χ0v) is 27.3. The van der Waals surface area contributed by atoms with E-state index in [1.54, 1.807) is 81.3 Å². The first kappa shape index (κ1) is 32.2. The number of hydrogen-bond acceptors (Lipinski definition) is 9. The van der Waals surface area contributed by atoms with Gasteiger partial charge < -0.3 is 39.7 Å². The molecule has 0 heterocycles. The van der Waals surface area contributed by atoms with Crippen LogP contribution in [0.5, 0.6) is 11.5 Å². The summed E-state index contributed by atoms with van der Waals surface area (Å²) in [6.07, 6.45) is 0. The average molecular weight is 633 g/mol. The molecule has 0 saturated carbocycles. The number of carbonyl (C=O) groups is 2. The molecule has 0 saturated heterocycles. The molecule has 2 aromatic rings. The summed E-state index contributed by atoms with van der Waals surface area (Å²) in [6.45, 7) is 0.331. The predicted octanol–water partition coefficient (Wildman–Crippen LogP) is 3.47. The molecule has 2 N–H and O–H groups in total. The van der Waals surface area contributed by atoms with Crippen molar-refractivity contribution < 1.29 is 19.1 Å². The van der Waals surface area contributed by atoms with Crippen LogP contribution < -0.4 is 20.1 Å². The van der Waals surface area contributed by atoms with Crippen LogP contribution in [0.25, 0.3) is 0 Å². The normalized spacial score (nSPS) is 11.7. The van der Waals surface area contributed by atoms with Crippen LogP contribution in [0.3, 0.4) is 0 Å². The molecule has 0 fully saturated rings. The van der Waals surface area contributed by atoms with E-state index >= 15 is 0 Å². The maximum absolute atomic E-state index is 14.4. The van der Waals surface area contributed by atoms with E-state index in [1.165, 1.54) is 0 Å². The van der Waals surface area contributed by atoms with Gasteiger partial charge in [-0.2, -0.15) is 0 Å². The zero-order chi connectivity index (χ0) is 30.8. The van der Waals surface area contributed by atoms with Gasteiger partial charge in [-0.1, -0.05) is 0 Å². The summed E-state index contributed by atoms with van der Waals surface area (Å²) in [5.41, 5.74) is 0.879. The van der Waals surface area contributed by atoms with E-state index in [4.69, 9.17) is 58.3 Å². The highest BCUT2D eigenvalue weighted by Crippen LogP contribution is 2.43. The average Bonchev–Trinajstić information content (AvgIpc) is 2.87. The van der Waals surface area contributed by atoms with Gasteiger partial charge in [-0.05, 0) is 87.2 Å². The minimum absolute atomic E-state index is 0.0325. The smallest absolute Gasteiger partial charge is 0.264 e. The third-order valence-corrected chi connectivity index (χ3v) is 7.36. The lowest BCUT2D eigenvalue weighted by Crippen LogP contribution is -2.33. The number of ether oxygens (including phenoxy) is 2. The molecule has 0 radical (unpaired) electrons. The van der Waals surface area contributed by atoms with Crippen molar-refractivity contribution in [3.05, 3.63) is 46.5 Å². The topological polar surface area (TPSA) is 89.6 Å². The van der Waals surface area contributed by atoms with Gasteiger partial charge in [0.1, 0.15) is 11.5 Å². The molecule has 10 nitrogen and oxygen atoms in total. The number of nitrogens with one attached hydrogen (secondary N) is 2. The minimum atomic E-state index is -0.487. The molecule has 0 aromatic heterocycles. The third-order valence-electron chi connectivity index (χ3n) is 5.77. The number of rotatable bonds is 6. The second-order valence-corrected chi connectivity index (χ2v) is 11.6.